The molecule has 5 heteroatoms. The number of aromatic hydroxyl groups is 1. The van der Waals surface area contributed by atoms with E-state index < -0.39 is 0 Å². The van der Waals surface area contributed by atoms with Crippen LogP contribution in [0.5, 0.6) is 11.5 Å². The van der Waals surface area contributed by atoms with Crippen molar-refractivity contribution in [2.45, 2.75) is 13.8 Å². The number of nitrogens with zero attached hydrogens (tertiary/aromatic N) is 1. The molecular formula is C17H18N2O3. The zero-order valence-electron chi connectivity index (χ0n) is 12.5. The van der Waals surface area contributed by atoms with Crippen molar-refractivity contribution >= 4 is 12.1 Å². The number of rotatable bonds is 5. The molecule has 1 amide bonds. The van der Waals surface area contributed by atoms with Crippen LogP contribution in [0.3, 0.4) is 0 Å². The second-order valence-electron chi connectivity index (χ2n) is 4.90. The lowest BCUT2D eigenvalue weighted by molar-refractivity contribution is -0.123. The summed E-state index contributed by atoms with van der Waals surface area (Å²) >= 11 is 0. The zero-order chi connectivity index (χ0) is 15.9. The third-order valence-electron chi connectivity index (χ3n) is 3.03. The number of ether oxygens (including phenoxy) is 1. The number of phenolic OH excluding ortho intramolecular Hbond substituents is 1. The van der Waals surface area contributed by atoms with E-state index in [9.17, 15) is 9.90 Å². The number of hydrazone groups is 1. The molecule has 2 N–H and O–H groups in total. The summed E-state index contributed by atoms with van der Waals surface area (Å²) in [5.41, 5.74) is 5.04. The standard InChI is InChI=1S/C17H18N2O3/c1-12-5-3-6-13(2)17(12)22-11-16(21)19-18-10-14-7-4-8-15(20)9-14/h3-10,20H,11H2,1-2H3,(H,19,21)/b18-10-. The van der Waals surface area contributed by atoms with E-state index in [4.69, 9.17) is 4.74 Å². The number of phenols is 1. The van der Waals surface area contributed by atoms with E-state index in [0.29, 0.717) is 5.56 Å². The molecule has 5 nitrogen and oxygen atoms in total. The van der Waals surface area contributed by atoms with E-state index in [1.165, 1.54) is 6.21 Å². The van der Waals surface area contributed by atoms with Gasteiger partial charge in [0.15, 0.2) is 6.61 Å². The zero-order valence-corrected chi connectivity index (χ0v) is 12.5. The van der Waals surface area contributed by atoms with Gasteiger partial charge in [0.1, 0.15) is 11.5 Å². The second kappa shape index (κ2) is 7.26. The van der Waals surface area contributed by atoms with Gasteiger partial charge in [0.2, 0.25) is 0 Å². The predicted octanol–water partition coefficient (Wildman–Crippen LogP) is 2.54. The number of amides is 1. The lowest BCUT2D eigenvalue weighted by atomic mass is 10.1. The van der Waals surface area contributed by atoms with Gasteiger partial charge in [-0.05, 0) is 42.7 Å². The molecule has 0 aliphatic rings. The van der Waals surface area contributed by atoms with E-state index in [2.05, 4.69) is 10.5 Å². The van der Waals surface area contributed by atoms with E-state index in [1.807, 2.05) is 32.0 Å². The minimum atomic E-state index is -0.348. The monoisotopic (exact) mass is 298 g/mol. The normalized spacial score (nSPS) is 10.6. The number of nitrogens with one attached hydrogen (secondary N) is 1. The van der Waals surface area contributed by atoms with Crippen molar-refractivity contribution in [2.75, 3.05) is 6.61 Å². The van der Waals surface area contributed by atoms with E-state index in [1.54, 1.807) is 24.3 Å². The molecule has 0 unspecified atom stereocenters. The Kier molecular flexibility index (Phi) is 5.14. The van der Waals surface area contributed by atoms with Crippen molar-refractivity contribution in [1.82, 2.24) is 5.43 Å². The van der Waals surface area contributed by atoms with Gasteiger partial charge in [0, 0.05) is 0 Å². The summed E-state index contributed by atoms with van der Waals surface area (Å²) in [4.78, 5) is 11.7. The van der Waals surface area contributed by atoms with Gasteiger partial charge < -0.3 is 9.84 Å². The Morgan fingerprint density at radius 2 is 1.91 bits per heavy atom. The molecule has 0 atom stereocenters. The Balaban J connectivity index is 1.86. The first-order valence-electron chi connectivity index (χ1n) is 6.86. The number of carbonyl (C=O) groups excluding carboxylic acids is 1. The number of benzene rings is 2. The number of aryl methyl sites for hydroxylation is 2. The molecule has 2 aromatic rings. The molecule has 0 aromatic heterocycles. The molecule has 0 heterocycles. The van der Waals surface area contributed by atoms with Crippen molar-refractivity contribution in [3.63, 3.8) is 0 Å². The minimum Gasteiger partial charge on any atom is -0.508 e. The first-order valence-corrected chi connectivity index (χ1v) is 6.86. The summed E-state index contributed by atoms with van der Waals surface area (Å²) < 4.78 is 5.53. The molecule has 0 bridgehead atoms. The minimum absolute atomic E-state index is 0.108. The van der Waals surface area contributed by atoms with Crippen molar-refractivity contribution in [3.05, 3.63) is 59.2 Å². The first kappa shape index (κ1) is 15.6. The Bertz CT molecular complexity index is 676. The van der Waals surface area contributed by atoms with Crippen molar-refractivity contribution in [1.29, 1.82) is 0 Å². The van der Waals surface area contributed by atoms with Gasteiger partial charge in [0.25, 0.3) is 5.91 Å². The van der Waals surface area contributed by atoms with Gasteiger partial charge in [-0.2, -0.15) is 5.10 Å². The van der Waals surface area contributed by atoms with Crippen LogP contribution in [0.1, 0.15) is 16.7 Å². The van der Waals surface area contributed by atoms with Gasteiger partial charge in [-0.1, -0.05) is 30.3 Å². The summed E-state index contributed by atoms with van der Waals surface area (Å²) in [7, 11) is 0. The summed E-state index contributed by atoms with van der Waals surface area (Å²) in [6.07, 6.45) is 1.45. The van der Waals surface area contributed by atoms with E-state index in [-0.39, 0.29) is 18.3 Å². The Labute approximate surface area is 129 Å². The molecule has 0 aliphatic heterocycles. The maximum absolute atomic E-state index is 11.7. The molecule has 2 rings (SSSR count). The fourth-order valence-electron chi connectivity index (χ4n) is 1.98. The Morgan fingerprint density at radius 1 is 1.23 bits per heavy atom. The summed E-state index contributed by atoms with van der Waals surface area (Å²) in [5.74, 6) is 0.516. The third kappa shape index (κ3) is 4.34. The highest BCUT2D eigenvalue weighted by Crippen LogP contribution is 2.21. The maximum atomic E-state index is 11.7. The molecular weight excluding hydrogens is 280 g/mol. The molecule has 114 valence electrons. The fraction of sp³-hybridized carbons (Fsp3) is 0.176. The highest BCUT2D eigenvalue weighted by molar-refractivity contribution is 5.83. The summed E-state index contributed by atoms with van der Waals surface area (Å²) in [6, 6.07) is 12.4. The van der Waals surface area contributed by atoms with Crippen LogP contribution in [-0.2, 0) is 4.79 Å². The van der Waals surface area contributed by atoms with Gasteiger partial charge >= 0.3 is 0 Å². The average Bonchev–Trinajstić information content (AvgIpc) is 2.47. The Hall–Kier alpha value is -2.82. The van der Waals surface area contributed by atoms with Gasteiger partial charge in [-0.3, -0.25) is 4.79 Å². The highest BCUT2D eigenvalue weighted by atomic mass is 16.5. The molecule has 0 radical (unpaired) electrons. The molecule has 0 spiro atoms. The largest absolute Gasteiger partial charge is 0.508 e. The summed E-state index contributed by atoms with van der Waals surface area (Å²) in [6.45, 7) is 3.75. The van der Waals surface area contributed by atoms with E-state index >= 15 is 0 Å². The van der Waals surface area contributed by atoms with Crippen LogP contribution in [0, 0.1) is 13.8 Å². The molecule has 22 heavy (non-hydrogen) atoms. The molecule has 2 aromatic carbocycles. The predicted molar refractivity (Wildman–Crippen MR) is 85.3 cm³/mol. The summed E-state index contributed by atoms with van der Waals surface area (Å²) in [5, 5.41) is 13.1. The smallest absolute Gasteiger partial charge is 0.277 e. The van der Waals surface area contributed by atoms with Gasteiger partial charge in [-0.15, -0.1) is 0 Å². The van der Waals surface area contributed by atoms with Crippen molar-refractivity contribution in [3.8, 4) is 11.5 Å². The Morgan fingerprint density at radius 3 is 2.59 bits per heavy atom. The molecule has 0 fully saturated rings. The molecule has 0 saturated heterocycles. The third-order valence-corrected chi connectivity index (χ3v) is 3.03. The average molecular weight is 298 g/mol. The van der Waals surface area contributed by atoms with Crippen molar-refractivity contribution < 1.29 is 14.6 Å². The van der Waals surface area contributed by atoms with Gasteiger partial charge in [-0.25, -0.2) is 5.43 Å². The first-order chi connectivity index (χ1) is 10.6. The number of hydrogen-bond donors (Lipinski definition) is 2. The van der Waals surface area contributed by atoms with E-state index in [0.717, 1.165) is 16.9 Å². The van der Waals surface area contributed by atoms with Gasteiger partial charge in [0.05, 0.1) is 6.21 Å². The van der Waals surface area contributed by atoms with Crippen LogP contribution >= 0.6 is 0 Å². The fourth-order valence-corrected chi connectivity index (χ4v) is 1.98. The van der Waals surface area contributed by atoms with Crippen LogP contribution in [0.25, 0.3) is 0 Å². The molecule has 0 aliphatic carbocycles. The number of para-hydroxylation sites is 1. The highest BCUT2D eigenvalue weighted by Gasteiger charge is 2.06. The SMILES string of the molecule is Cc1cccc(C)c1OCC(=O)N/N=C\c1cccc(O)c1. The molecule has 0 saturated carbocycles. The lowest BCUT2D eigenvalue weighted by Crippen LogP contribution is -2.25. The van der Waals surface area contributed by atoms with Crippen molar-refractivity contribution in [2.24, 2.45) is 5.10 Å². The number of hydrogen-bond acceptors (Lipinski definition) is 4. The maximum Gasteiger partial charge on any atom is 0.277 e. The van der Waals surface area contributed by atoms with Crippen LogP contribution < -0.4 is 10.2 Å². The quantitative estimate of drug-likeness (QED) is 0.658. The van der Waals surface area contributed by atoms with Crippen LogP contribution in [0.2, 0.25) is 0 Å². The second-order valence-corrected chi connectivity index (χ2v) is 4.90. The van der Waals surface area contributed by atoms with Crippen LogP contribution in [0.15, 0.2) is 47.6 Å². The topological polar surface area (TPSA) is 70.9 Å². The number of carbonyl (C=O) groups is 1. The lowest BCUT2D eigenvalue weighted by Gasteiger charge is -2.10. The van der Waals surface area contributed by atoms with Crippen LogP contribution in [-0.4, -0.2) is 23.8 Å². The van der Waals surface area contributed by atoms with Crippen LogP contribution in [0.4, 0.5) is 0 Å².